The minimum Gasteiger partial charge on any atom is -0.352 e. The van der Waals surface area contributed by atoms with Crippen LogP contribution in [0.4, 0.5) is 10.1 Å². The summed E-state index contributed by atoms with van der Waals surface area (Å²) in [4.78, 5) is 19.1. The maximum absolute atomic E-state index is 13.4. The van der Waals surface area contributed by atoms with Crippen LogP contribution in [0.1, 0.15) is 29.3 Å². The maximum Gasteiger partial charge on any atom is 0.226 e. The van der Waals surface area contributed by atoms with Gasteiger partial charge in [0.15, 0.2) is 5.11 Å². The fourth-order valence-electron chi connectivity index (χ4n) is 4.22. The van der Waals surface area contributed by atoms with E-state index in [4.69, 9.17) is 40.7 Å². The number of nitrogens with zero attached hydrogens (tertiary/aromatic N) is 4. The second-order valence-corrected chi connectivity index (χ2v) is 10.7. The van der Waals surface area contributed by atoms with Crippen molar-refractivity contribution in [3.63, 3.8) is 0 Å². The third-order valence-electron chi connectivity index (χ3n) is 6.25. The Balaban J connectivity index is 1.41. The predicted octanol–water partition coefficient (Wildman–Crippen LogP) is 6.20. The number of carbonyl (C=O) groups is 1. The topological polar surface area (TPSA) is 86.0 Å². The van der Waals surface area contributed by atoms with Crippen LogP contribution in [0.5, 0.6) is 0 Å². The maximum atomic E-state index is 13.4. The molecule has 0 radical (unpaired) electrons. The van der Waals surface area contributed by atoms with Gasteiger partial charge in [0.25, 0.3) is 0 Å². The first kappa shape index (κ1) is 30.0. The molecule has 1 aromatic heterocycles. The van der Waals surface area contributed by atoms with Crippen LogP contribution >= 0.6 is 35.4 Å². The zero-order chi connectivity index (χ0) is 29.4. The number of anilines is 1. The monoisotopic (exact) mass is 608 g/mol. The van der Waals surface area contributed by atoms with Gasteiger partial charge < -0.3 is 20.1 Å². The quantitative estimate of drug-likeness (QED) is 0.209. The van der Waals surface area contributed by atoms with Crippen molar-refractivity contribution in [3.8, 4) is 6.07 Å². The van der Waals surface area contributed by atoms with Gasteiger partial charge in [0.05, 0.1) is 34.4 Å². The van der Waals surface area contributed by atoms with E-state index in [1.807, 2.05) is 40.7 Å². The first-order valence-electron chi connectivity index (χ1n) is 12.7. The molecule has 0 aliphatic carbocycles. The minimum atomic E-state index is -0.349. The molecule has 210 valence electrons. The summed E-state index contributed by atoms with van der Waals surface area (Å²) in [5.41, 5.74) is 3.75. The molecular weight excluding hydrogens is 582 g/mol. The SMILES string of the molecule is C[C@@H](CN(Cc1cccc(Cl)c1Cl)C(=S)Nc1ccc(F)cc1)NC(=O)Cc1cncn1Cc1ccc(C#N)cc1. The number of aromatic nitrogens is 2. The van der Waals surface area contributed by atoms with Crippen LogP contribution in [0, 0.1) is 17.1 Å². The third-order valence-corrected chi connectivity index (χ3v) is 7.47. The lowest BCUT2D eigenvalue weighted by molar-refractivity contribution is -0.121. The van der Waals surface area contributed by atoms with Gasteiger partial charge in [-0.25, -0.2) is 9.37 Å². The Morgan fingerprint density at radius 2 is 1.88 bits per heavy atom. The van der Waals surface area contributed by atoms with Crippen LogP contribution in [0.3, 0.4) is 0 Å². The second-order valence-electron chi connectivity index (χ2n) is 9.50. The van der Waals surface area contributed by atoms with Crippen molar-refractivity contribution in [3.05, 3.63) is 118 Å². The van der Waals surface area contributed by atoms with Crippen molar-refractivity contribution in [2.45, 2.75) is 32.5 Å². The number of halogens is 3. The van der Waals surface area contributed by atoms with E-state index in [1.54, 1.807) is 42.9 Å². The largest absolute Gasteiger partial charge is 0.352 e. The summed E-state index contributed by atoms with van der Waals surface area (Å²) >= 11 is 18.4. The highest BCUT2D eigenvalue weighted by Crippen LogP contribution is 2.27. The summed E-state index contributed by atoms with van der Waals surface area (Å²) in [5.74, 6) is -0.518. The van der Waals surface area contributed by atoms with Gasteiger partial charge in [-0.2, -0.15) is 5.26 Å². The number of hydrogen-bond acceptors (Lipinski definition) is 4. The molecule has 0 fully saturated rings. The van der Waals surface area contributed by atoms with E-state index in [9.17, 15) is 9.18 Å². The second kappa shape index (κ2) is 14.1. The van der Waals surface area contributed by atoms with E-state index in [-0.39, 0.29) is 24.2 Å². The summed E-state index contributed by atoms with van der Waals surface area (Å²) in [5, 5.41) is 16.4. The molecule has 1 atom stereocenters. The Morgan fingerprint density at radius 3 is 2.59 bits per heavy atom. The molecule has 41 heavy (non-hydrogen) atoms. The van der Waals surface area contributed by atoms with Gasteiger partial charge in [-0.1, -0.05) is 47.5 Å². The van der Waals surface area contributed by atoms with E-state index in [0.29, 0.717) is 46.0 Å². The molecule has 2 N–H and O–H groups in total. The number of nitrogens with one attached hydrogen (secondary N) is 2. The summed E-state index contributed by atoms with van der Waals surface area (Å²) in [6.45, 7) is 3.12. The van der Waals surface area contributed by atoms with Gasteiger partial charge in [0, 0.05) is 43.3 Å². The van der Waals surface area contributed by atoms with Crippen molar-refractivity contribution in [2.75, 3.05) is 11.9 Å². The summed E-state index contributed by atoms with van der Waals surface area (Å²) < 4.78 is 15.3. The molecule has 1 heterocycles. The average molecular weight is 610 g/mol. The van der Waals surface area contributed by atoms with Gasteiger partial charge in [0.2, 0.25) is 5.91 Å². The van der Waals surface area contributed by atoms with Crippen LogP contribution in [0.2, 0.25) is 10.0 Å². The Labute approximate surface area is 253 Å². The molecule has 0 spiro atoms. The van der Waals surface area contributed by atoms with E-state index >= 15 is 0 Å². The Hall–Kier alpha value is -3.97. The molecule has 4 rings (SSSR count). The number of rotatable bonds is 10. The molecule has 7 nitrogen and oxygen atoms in total. The van der Waals surface area contributed by atoms with Crippen molar-refractivity contribution < 1.29 is 9.18 Å². The average Bonchev–Trinajstić information content (AvgIpc) is 3.38. The number of imidazole rings is 1. The van der Waals surface area contributed by atoms with Crippen LogP contribution in [-0.2, 0) is 24.3 Å². The van der Waals surface area contributed by atoms with Crippen LogP contribution in [-0.4, -0.2) is 38.1 Å². The molecule has 0 saturated carbocycles. The number of carbonyl (C=O) groups excluding carboxylic acids is 1. The molecule has 0 saturated heterocycles. The van der Waals surface area contributed by atoms with Crippen molar-refractivity contribution in [2.24, 2.45) is 0 Å². The van der Waals surface area contributed by atoms with Gasteiger partial charge in [0.1, 0.15) is 5.82 Å². The van der Waals surface area contributed by atoms with Gasteiger partial charge in [-0.3, -0.25) is 4.79 Å². The molecular formula is C30H27Cl2FN6OS. The standard InChI is InChI=1S/C30H27Cl2FN6OS/c1-20(36-28(40)13-26-15-35-19-39(26)17-22-7-5-21(14-34)6-8-22)16-38(18-23-3-2-4-27(31)29(23)32)30(41)37-25-11-9-24(33)10-12-25/h2-12,15,19-20H,13,16-18H2,1H3,(H,36,40)(H,37,41)/t20-/m0/s1. The van der Waals surface area contributed by atoms with E-state index < -0.39 is 0 Å². The highest BCUT2D eigenvalue weighted by molar-refractivity contribution is 7.80. The highest BCUT2D eigenvalue weighted by Gasteiger charge is 2.19. The van der Waals surface area contributed by atoms with Crippen molar-refractivity contribution >= 4 is 52.1 Å². The molecule has 4 aromatic rings. The molecule has 3 aromatic carbocycles. The number of hydrogen-bond donors (Lipinski definition) is 2. The van der Waals surface area contributed by atoms with Crippen LogP contribution in [0.15, 0.2) is 79.3 Å². The van der Waals surface area contributed by atoms with Gasteiger partial charge >= 0.3 is 0 Å². The first-order valence-corrected chi connectivity index (χ1v) is 13.9. The smallest absolute Gasteiger partial charge is 0.226 e. The molecule has 1 amide bonds. The van der Waals surface area contributed by atoms with Crippen molar-refractivity contribution in [1.82, 2.24) is 19.8 Å². The molecule has 0 bridgehead atoms. The van der Waals surface area contributed by atoms with E-state index in [1.165, 1.54) is 12.1 Å². The lowest BCUT2D eigenvalue weighted by Gasteiger charge is -2.29. The van der Waals surface area contributed by atoms with Crippen LogP contribution < -0.4 is 10.6 Å². The number of benzene rings is 3. The van der Waals surface area contributed by atoms with E-state index in [2.05, 4.69) is 21.7 Å². The molecule has 0 unspecified atom stereocenters. The number of thiocarbonyl (C=S) groups is 1. The predicted molar refractivity (Wildman–Crippen MR) is 163 cm³/mol. The zero-order valence-corrected chi connectivity index (χ0v) is 24.5. The molecule has 0 aliphatic heterocycles. The Morgan fingerprint density at radius 1 is 1.15 bits per heavy atom. The fourth-order valence-corrected chi connectivity index (χ4v) is 4.85. The Bertz CT molecular complexity index is 1550. The lowest BCUT2D eigenvalue weighted by Crippen LogP contribution is -2.45. The number of amides is 1. The highest BCUT2D eigenvalue weighted by atomic mass is 35.5. The third kappa shape index (κ3) is 8.51. The van der Waals surface area contributed by atoms with Crippen molar-refractivity contribution in [1.29, 1.82) is 5.26 Å². The van der Waals surface area contributed by atoms with E-state index in [0.717, 1.165) is 16.8 Å². The summed E-state index contributed by atoms with van der Waals surface area (Å²) in [7, 11) is 0. The fraction of sp³-hybridized carbons (Fsp3) is 0.200. The van der Waals surface area contributed by atoms with Gasteiger partial charge in [-0.05, 0) is 72.7 Å². The number of nitriles is 1. The minimum absolute atomic E-state index is 0.138. The summed E-state index contributed by atoms with van der Waals surface area (Å²) in [6.07, 6.45) is 3.49. The Kier molecular flexibility index (Phi) is 10.3. The molecule has 0 aliphatic rings. The lowest BCUT2D eigenvalue weighted by atomic mass is 10.1. The molecule has 11 heteroatoms. The normalized spacial score (nSPS) is 11.4. The summed E-state index contributed by atoms with van der Waals surface area (Å²) in [6, 6.07) is 20.4. The van der Waals surface area contributed by atoms with Gasteiger partial charge in [-0.15, -0.1) is 0 Å². The van der Waals surface area contributed by atoms with Crippen LogP contribution in [0.25, 0.3) is 0 Å². The first-order chi connectivity index (χ1) is 19.7. The zero-order valence-electron chi connectivity index (χ0n) is 22.2.